The Morgan fingerprint density at radius 1 is 0.853 bits per heavy atom. The van der Waals surface area contributed by atoms with Gasteiger partial charge < -0.3 is 14.2 Å². The lowest BCUT2D eigenvalue weighted by Crippen LogP contribution is -2.47. The first kappa shape index (κ1) is 23.6. The van der Waals surface area contributed by atoms with Gasteiger partial charge >= 0.3 is 0 Å². The molecule has 0 saturated heterocycles. The van der Waals surface area contributed by atoms with Crippen molar-refractivity contribution >= 4 is 17.9 Å². The van der Waals surface area contributed by atoms with Crippen molar-refractivity contribution in [3.8, 4) is 0 Å². The van der Waals surface area contributed by atoms with Gasteiger partial charge in [-0.2, -0.15) is 0 Å². The summed E-state index contributed by atoms with van der Waals surface area (Å²) in [6.45, 7) is 0.899. The Balaban J connectivity index is 1.52. The quantitative estimate of drug-likeness (QED) is 0.389. The predicted molar refractivity (Wildman–Crippen MR) is 133 cm³/mol. The van der Waals surface area contributed by atoms with E-state index in [1.165, 1.54) is 6.42 Å². The van der Waals surface area contributed by atoms with E-state index in [1.807, 2.05) is 78.9 Å². The van der Waals surface area contributed by atoms with Gasteiger partial charge in [0, 0.05) is 18.7 Å². The highest BCUT2D eigenvalue weighted by atomic mass is 16.3. The maximum absolute atomic E-state index is 13.6. The summed E-state index contributed by atoms with van der Waals surface area (Å²) in [4.78, 5) is 30.4. The van der Waals surface area contributed by atoms with Crippen LogP contribution in [0.15, 0.2) is 89.6 Å². The SMILES string of the molecule is O=C(CN(C(=O)/C=C/c1ccccc1)C1CCCCC1)N(Cc1ccccc1)Cc1ccco1. The molecule has 0 unspecified atom stereocenters. The smallest absolute Gasteiger partial charge is 0.247 e. The molecule has 1 fully saturated rings. The van der Waals surface area contributed by atoms with Crippen LogP contribution in [0.4, 0.5) is 0 Å². The van der Waals surface area contributed by atoms with Crippen LogP contribution in [0.5, 0.6) is 0 Å². The van der Waals surface area contributed by atoms with Gasteiger partial charge in [-0.3, -0.25) is 9.59 Å². The Hall–Kier alpha value is -3.60. The zero-order valence-corrected chi connectivity index (χ0v) is 19.5. The van der Waals surface area contributed by atoms with E-state index in [4.69, 9.17) is 4.42 Å². The lowest BCUT2D eigenvalue weighted by molar-refractivity contribution is -0.141. The van der Waals surface area contributed by atoms with Crippen LogP contribution in [0.25, 0.3) is 6.08 Å². The molecule has 3 aromatic rings. The Morgan fingerprint density at radius 3 is 2.24 bits per heavy atom. The molecular weight excluding hydrogens is 424 g/mol. The molecule has 34 heavy (non-hydrogen) atoms. The maximum atomic E-state index is 13.6. The van der Waals surface area contributed by atoms with Crippen molar-refractivity contribution in [3.63, 3.8) is 0 Å². The van der Waals surface area contributed by atoms with Crippen LogP contribution in [0, 0.1) is 0 Å². The molecule has 0 spiro atoms. The Labute approximate surface area is 201 Å². The largest absolute Gasteiger partial charge is 0.467 e. The molecule has 2 amide bonds. The number of amides is 2. The topological polar surface area (TPSA) is 53.8 Å². The number of carbonyl (C=O) groups excluding carboxylic acids is 2. The number of furan rings is 1. The number of hydrogen-bond donors (Lipinski definition) is 0. The third kappa shape index (κ3) is 6.70. The van der Waals surface area contributed by atoms with Gasteiger partial charge in [-0.1, -0.05) is 79.9 Å². The number of benzene rings is 2. The van der Waals surface area contributed by atoms with Gasteiger partial charge in [0.1, 0.15) is 12.3 Å². The van der Waals surface area contributed by atoms with E-state index < -0.39 is 0 Å². The lowest BCUT2D eigenvalue weighted by atomic mass is 9.94. The fourth-order valence-electron chi connectivity index (χ4n) is 4.48. The van der Waals surface area contributed by atoms with Gasteiger partial charge in [-0.15, -0.1) is 0 Å². The molecule has 1 aliphatic carbocycles. The Kier molecular flexibility index (Phi) is 8.33. The summed E-state index contributed by atoms with van der Waals surface area (Å²) in [6, 6.07) is 23.5. The molecule has 0 atom stereocenters. The van der Waals surface area contributed by atoms with Crippen molar-refractivity contribution in [3.05, 3.63) is 102 Å². The monoisotopic (exact) mass is 456 g/mol. The highest BCUT2D eigenvalue weighted by Crippen LogP contribution is 2.24. The average molecular weight is 457 g/mol. The fourth-order valence-corrected chi connectivity index (χ4v) is 4.48. The van der Waals surface area contributed by atoms with Crippen LogP contribution in [0.1, 0.15) is 49.0 Å². The van der Waals surface area contributed by atoms with Crippen LogP contribution >= 0.6 is 0 Å². The Bertz CT molecular complexity index is 1060. The summed E-state index contributed by atoms with van der Waals surface area (Å²) in [6.07, 6.45) is 10.3. The third-order valence-corrected chi connectivity index (χ3v) is 6.32. The highest BCUT2D eigenvalue weighted by molar-refractivity contribution is 5.94. The molecule has 1 aromatic heterocycles. The lowest BCUT2D eigenvalue weighted by Gasteiger charge is -2.35. The first-order chi connectivity index (χ1) is 16.7. The standard InChI is InChI=1S/C29H32N2O3/c32-28(19-18-24-11-4-1-5-12-24)31(26-15-8-3-9-16-26)23-29(33)30(22-27-17-10-20-34-27)21-25-13-6-2-7-14-25/h1-2,4-7,10-14,17-20,26H,3,8-9,15-16,21-23H2/b19-18+. The molecule has 4 rings (SSSR count). The van der Waals surface area contributed by atoms with Crippen LogP contribution in [0.3, 0.4) is 0 Å². The molecule has 0 radical (unpaired) electrons. The van der Waals surface area contributed by atoms with Crippen molar-refractivity contribution in [1.29, 1.82) is 0 Å². The second kappa shape index (κ2) is 12.0. The van der Waals surface area contributed by atoms with Gasteiger partial charge in [0.2, 0.25) is 11.8 Å². The summed E-state index contributed by atoms with van der Waals surface area (Å²) in [5, 5.41) is 0. The first-order valence-electron chi connectivity index (χ1n) is 12.1. The van der Waals surface area contributed by atoms with Gasteiger partial charge in [0.15, 0.2) is 0 Å². The third-order valence-electron chi connectivity index (χ3n) is 6.32. The van der Waals surface area contributed by atoms with E-state index in [1.54, 1.807) is 22.1 Å². The summed E-state index contributed by atoms with van der Waals surface area (Å²) < 4.78 is 5.52. The highest BCUT2D eigenvalue weighted by Gasteiger charge is 2.28. The van der Waals surface area contributed by atoms with E-state index in [0.717, 1.165) is 42.6 Å². The summed E-state index contributed by atoms with van der Waals surface area (Å²) in [5.74, 6) is 0.540. The van der Waals surface area contributed by atoms with Crippen molar-refractivity contribution in [1.82, 2.24) is 9.80 Å². The van der Waals surface area contributed by atoms with Gasteiger partial charge in [0.05, 0.1) is 12.8 Å². The molecule has 1 aliphatic rings. The fraction of sp³-hybridized carbons (Fsp3) is 0.310. The second-order valence-electron chi connectivity index (χ2n) is 8.82. The van der Waals surface area contributed by atoms with Crippen molar-refractivity contribution in [2.75, 3.05) is 6.54 Å². The molecule has 5 nitrogen and oxygen atoms in total. The summed E-state index contributed by atoms with van der Waals surface area (Å²) in [7, 11) is 0. The molecule has 1 saturated carbocycles. The minimum Gasteiger partial charge on any atom is -0.467 e. The minimum atomic E-state index is -0.109. The summed E-state index contributed by atoms with van der Waals surface area (Å²) >= 11 is 0. The number of nitrogens with zero attached hydrogens (tertiary/aromatic N) is 2. The van der Waals surface area contributed by atoms with Crippen molar-refractivity contribution in [2.45, 2.75) is 51.2 Å². The maximum Gasteiger partial charge on any atom is 0.247 e. The van der Waals surface area contributed by atoms with Crippen LogP contribution in [-0.4, -0.2) is 34.2 Å². The normalized spacial score (nSPS) is 14.2. The van der Waals surface area contributed by atoms with Gasteiger partial charge in [-0.05, 0) is 42.2 Å². The molecule has 0 bridgehead atoms. The number of hydrogen-bond acceptors (Lipinski definition) is 3. The first-order valence-corrected chi connectivity index (χ1v) is 12.1. The van der Waals surface area contributed by atoms with Crippen molar-refractivity contribution < 1.29 is 14.0 Å². The molecule has 1 heterocycles. The average Bonchev–Trinajstić information content (AvgIpc) is 3.40. The molecule has 0 aliphatic heterocycles. The molecule has 5 heteroatoms. The Morgan fingerprint density at radius 2 is 1.56 bits per heavy atom. The number of carbonyl (C=O) groups is 2. The molecule has 0 N–H and O–H groups in total. The van der Waals surface area contributed by atoms with E-state index in [2.05, 4.69) is 0 Å². The molecule has 2 aromatic carbocycles. The van der Waals surface area contributed by atoms with E-state index in [-0.39, 0.29) is 24.4 Å². The van der Waals surface area contributed by atoms with Gasteiger partial charge in [0.25, 0.3) is 0 Å². The minimum absolute atomic E-state index is 0.0656. The van der Waals surface area contributed by atoms with E-state index >= 15 is 0 Å². The molecule has 176 valence electrons. The van der Waals surface area contributed by atoms with Crippen LogP contribution < -0.4 is 0 Å². The van der Waals surface area contributed by atoms with Gasteiger partial charge in [-0.25, -0.2) is 0 Å². The summed E-state index contributed by atoms with van der Waals surface area (Å²) in [5.41, 5.74) is 2.01. The van der Waals surface area contributed by atoms with E-state index in [0.29, 0.717) is 13.1 Å². The zero-order valence-electron chi connectivity index (χ0n) is 19.5. The van der Waals surface area contributed by atoms with Crippen molar-refractivity contribution in [2.24, 2.45) is 0 Å². The second-order valence-corrected chi connectivity index (χ2v) is 8.82. The van der Waals surface area contributed by atoms with E-state index in [9.17, 15) is 9.59 Å². The predicted octanol–water partition coefficient (Wildman–Crippen LogP) is 5.68. The molecular formula is C29H32N2O3. The zero-order chi connectivity index (χ0) is 23.6. The van der Waals surface area contributed by atoms with Crippen LogP contribution in [-0.2, 0) is 22.7 Å². The number of rotatable bonds is 9. The van der Waals surface area contributed by atoms with Crippen LogP contribution in [0.2, 0.25) is 0 Å².